The van der Waals surface area contributed by atoms with Crippen molar-refractivity contribution in [2.75, 3.05) is 13.2 Å². The number of unbranched alkanes of at least 4 members (excludes halogenated alkanes) is 1. The van der Waals surface area contributed by atoms with Crippen LogP contribution in [0.2, 0.25) is 0 Å². The molecule has 0 amide bonds. The molecule has 3 rings (SSSR count). The third-order valence-electron chi connectivity index (χ3n) is 4.51. The second-order valence-corrected chi connectivity index (χ2v) is 6.78. The van der Waals surface area contributed by atoms with E-state index in [0.717, 1.165) is 53.4 Å². The van der Waals surface area contributed by atoms with Gasteiger partial charge in [0.25, 0.3) is 0 Å². The fourth-order valence-electron chi connectivity index (χ4n) is 2.83. The minimum Gasteiger partial charge on any atom is -0.494 e. The van der Waals surface area contributed by atoms with Crippen LogP contribution in [-0.4, -0.2) is 13.2 Å². The smallest absolute Gasteiger partial charge is 0.119 e. The van der Waals surface area contributed by atoms with E-state index in [1.165, 1.54) is 0 Å². The van der Waals surface area contributed by atoms with Crippen LogP contribution in [0.5, 0.6) is 17.2 Å². The van der Waals surface area contributed by atoms with Gasteiger partial charge in [0, 0.05) is 0 Å². The first-order valence-electron chi connectivity index (χ1n) is 10.1. The fraction of sp³-hybridized carbons (Fsp3) is 0.231. The topological polar surface area (TPSA) is 27.7 Å². The van der Waals surface area contributed by atoms with Crippen molar-refractivity contribution >= 4 is 0 Å². The van der Waals surface area contributed by atoms with Crippen LogP contribution in [0.15, 0.2) is 85.5 Å². The molecule has 29 heavy (non-hydrogen) atoms. The summed E-state index contributed by atoms with van der Waals surface area (Å²) in [5, 5.41) is 0. The van der Waals surface area contributed by atoms with Gasteiger partial charge in [0.2, 0.25) is 0 Å². The first-order chi connectivity index (χ1) is 14.3. The Labute approximate surface area is 173 Å². The van der Waals surface area contributed by atoms with Crippen molar-refractivity contribution in [3.05, 3.63) is 91.0 Å². The lowest BCUT2D eigenvalue weighted by molar-refractivity contribution is 0.305. The Morgan fingerprint density at radius 1 is 0.690 bits per heavy atom. The van der Waals surface area contributed by atoms with Crippen molar-refractivity contribution in [3.63, 3.8) is 0 Å². The normalized spacial score (nSPS) is 10.4. The molecule has 0 heterocycles. The van der Waals surface area contributed by atoms with Crippen molar-refractivity contribution in [1.82, 2.24) is 0 Å². The second-order valence-electron chi connectivity index (χ2n) is 6.78. The van der Waals surface area contributed by atoms with Gasteiger partial charge < -0.3 is 14.2 Å². The summed E-state index contributed by atoms with van der Waals surface area (Å²) >= 11 is 0. The highest BCUT2D eigenvalue weighted by Crippen LogP contribution is 2.25. The van der Waals surface area contributed by atoms with Gasteiger partial charge in [-0.3, -0.25) is 0 Å². The van der Waals surface area contributed by atoms with Gasteiger partial charge in [-0.05, 0) is 59.5 Å². The van der Waals surface area contributed by atoms with E-state index in [-0.39, 0.29) is 0 Å². The minimum absolute atomic E-state index is 0.511. The maximum Gasteiger partial charge on any atom is 0.119 e. The summed E-state index contributed by atoms with van der Waals surface area (Å²) in [7, 11) is 0. The van der Waals surface area contributed by atoms with E-state index in [1.807, 2.05) is 48.5 Å². The van der Waals surface area contributed by atoms with E-state index in [9.17, 15) is 0 Å². The Bertz CT molecular complexity index is 865. The first-order valence-corrected chi connectivity index (χ1v) is 10.1. The molecule has 0 spiro atoms. The van der Waals surface area contributed by atoms with Gasteiger partial charge in [0.1, 0.15) is 30.5 Å². The molecule has 0 aliphatic rings. The number of rotatable bonds is 11. The molecule has 0 fully saturated rings. The lowest BCUT2D eigenvalue weighted by Gasteiger charge is -2.09. The summed E-state index contributed by atoms with van der Waals surface area (Å²) in [6, 6.07) is 24.3. The first kappa shape index (κ1) is 20.5. The van der Waals surface area contributed by atoms with Crippen LogP contribution in [0.1, 0.15) is 25.3 Å². The van der Waals surface area contributed by atoms with Crippen LogP contribution in [-0.2, 0) is 6.61 Å². The van der Waals surface area contributed by atoms with Crippen LogP contribution in [0.3, 0.4) is 0 Å². The third kappa shape index (κ3) is 6.42. The lowest BCUT2D eigenvalue weighted by atomic mass is 10.1. The molecule has 0 bridgehead atoms. The van der Waals surface area contributed by atoms with Crippen molar-refractivity contribution in [2.45, 2.75) is 26.4 Å². The van der Waals surface area contributed by atoms with E-state index in [1.54, 1.807) is 6.08 Å². The predicted octanol–water partition coefficient (Wildman–Crippen LogP) is 6.68. The number of hydrogen-bond acceptors (Lipinski definition) is 3. The molecule has 3 aromatic rings. The molecule has 0 aromatic heterocycles. The molecule has 0 aliphatic carbocycles. The van der Waals surface area contributed by atoms with E-state index >= 15 is 0 Å². The molecular weight excluding hydrogens is 360 g/mol. The molecule has 0 unspecified atom stereocenters. The SMILES string of the molecule is C=CCOc1ccc(COc2ccc(-c3ccc(OCCCC)cc3)cc2)cc1. The molecule has 3 heteroatoms. The predicted molar refractivity (Wildman–Crippen MR) is 119 cm³/mol. The van der Waals surface area contributed by atoms with E-state index in [4.69, 9.17) is 14.2 Å². The van der Waals surface area contributed by atoms with Gasteiger partial charge in [-0.25, -0.2) is 0 Å². The Balaban J connectivity index is 1.52. The quantitative estimate of drug-likeness (QED) is 0.271. The van der Waals surface area contributed by atoms with Crippen molar-refractivity contribution < 1.29 is 14.2 Å². The summed E-state index contributed by atoms with van der Waals surface area (Å²) < 4.78 is 17.1. The Morgan fingerprint density at radius 2 is 1.21 bits per heavy atom. The van der Waals surface area contributed by atoms with Crippen molar-refractivity contribution in [2.24, 2.45) is 0 Å². The van der Waals surface area contributed by atoms with Gasteiger partial charge in [-0.15, -0.1) is 0 Å². The average molecular weight is 389 g/mol. The standard InChI is InChI=1S/C26H28O3/c1-3-5-19-28-25-14-8-22(9-15-25)23-10-16-26(17-11-23)29-20-21-6-12-24(13-7-21)27-18-4-2/h4,6-17H,2-3,5,18-20H2,1H3. The molecule has 3 nitrogen and oxygen atoms in total. The van der Waals surface area contributed by atoms with Crippen LogP contribution < -0.4 is 14.2 Å². The summed E-state index contributed by atoms with van der Waals surface area (Å²) in [5.41, 5.74) is 3.41. The molecule has 0 saturated carbocycles. The monoisotopic (exact) mass is 388 g/mol. The molecule has 150 valence electrons. The highest BCUT2D eigenvalue weighted by molar-refractivity contribution is 5.64. The summed E-state index contributed by atoms with van der Waals surface area (Å²) in [4.78, 5) is 0. The van der Waals surface area contributed by atoms with Crippen molar-refractivity contribution in [1.29, 1.82) is 0 Å². The van der Waals surface area contributed by atoms with Crippen LogP contribution in [0.25, 0.3) is 11.1 Å². The largest absolute Gasteiger partial charge is 0.494 e. The summed E-state index contributed by atoms with van der Waals surface area (Å²) in [6.45, 7) is 7.61. The number of ether oxygens (including phenoxy) is 3. The highest BCUT2D eigenvalue weighted by Gasteiger charge is 2.02. The van der Waals surface area contributed by atoms with Crippen molar-refractivity contribution in [3.8, 4) is 28.4 Å². The Hall–Kier alpha value is -3.20. The molecule has 0 radical (unpaired) electrons. The average Bonchev–Trinajstić information content (AvgIpc) is 2.78. The lowest BCUT2D eigenvalue weighted by Crippen LogP contribution is -1.97. The summed E-state index contributed by atoms with van der Waals surface area (Å²) in [6.07, 6.45) is 3.95. The van der Waals surface area contributed by atoms with Gasteiger partial charge in [0.05, 0.1) is 6.61 Å². The highest BCUT2D eigenvalue weighted by atomic mass is 16.5. The van der Waals surface area contributed by atoms with E-state index in [2.05, 4.69) is 37.8 Å². The van der Waals surface area contributed by atoms with Gasteiger partial charge in [-0.1, -0.05) is 62.4 Å². The number of benzene rings is 3. The second kappa shape index (κ2) is 11.0. The Kier molecular flexibility index (Phi) is 7.76. The molecular formula is C26H28O3. The van der Waals surface area contributed by atoms with E-state index in [0.29, 0.717) is 13.2 Å². The van der Waals surface area contributed by atoms with Gasteiger partial charge in [-0.2, -0.15) is 0 Å². The zero-order valence-corrected chi connectivity index (χ0v) is 17.0. The van der Waals surface area contributed by atoms with E-state index < -0.39 is 0 Å². The molecule has 3 aromatic carbocycles. The number of hydrogen-bond donors (Lipinski definition) is 0. The molecule has 0 atom stereocenters. The maximum atomic E-state index is 5.90. The van der Waals surface area contributed by atoms with Crippen LogP contribution >= 0.6 is 0 Å². The summed E-state index contributed by atoms with van der Waals surface area (Å²) in [5.74, 6) is 2.60. The van der Waals surface area contributed by atoms with Crippen LogP contribution in [0.4, 0.5) is 0 Å². The zero-order chi connectivity index (χ0) is 20.3. The van der Waals surface area contributed by atoms with Crippen LogP contribution in [0, 0.1) is 0 Å². The molecule has 0 N–H and O–H groups in total. The molecule has 0 saturated heterocycles. The minimum atomic E-state index is 0.511. The van der Waals surface area contributed by atoms with Gasteiger partial charge >= 0.3 is 0 Å². The maximum absolute atomic E-state index is 5.90. The fourth-order valence-corrected chi connectivity index (χ4v) is 2.83. The Morgan fingerprint density at radius 3 is 1.76 bits per heavy atom. The molecule has 0 aliphatic heterocycles. The van der Waals surface area contributed by atoms with Gasteiger partial charge in [0.15, 0.2) is 0 Å². The zero-order valence-electron chi connectivity index (χ0n) is 17.0. The third-order valence-corrected chi connectivity index (χ3v) is 4.51.